The standard InChI is InChI=1S/C19H14N6O/c1-26-25-18(14-3-2-10-22-17(14)21)24-16-9-8-15(23-19(16)25)13-6-4-12(11-20)5-7-13/h2-10H,1H3,(H2,21,22). The normalized spacial score (nSPS) is 10.6. The van der Waals surface area contributed by atoms with E-state index < -0.39 is 0 Å². The number of imidazole rings is 1. The highest BCUT2D eigenvalue weighted by Gasteiger charge is 2.17. The first-order valence-electron chi connectivity index (χ1n) is 7.86. The van der Waals surface area contributed by atoms with E-state index in [2.05, 4.69) is 21.0 Å². The average Bonchev–Trinajstić information content (AvgIpc) is 3.06. The number of rotatable bonds is 3. The summed E-state index contributed by atoms with van der Waals surface area (Å²) in [7, 11) is 1.55. The highest BCUT2D eigenvalue weighted by atomic mass is 16.6. The smallest absolute Gasteiger partial charge is 0.197 e. The minimum Gasteiger partial charge on any atom is -0.413 e. The highest BCUT2D eigenvalue weighted by molar-refractivity contribution is 5.82. The van der Waals surface area contributed by atoms with Gasteiger partial charge in [0.05, 0.1) is 22.9 Å². The number of nitriles is 1. The van der Waals surface area contributed by atoms with Crippen LogP contribution < -0.4 is 10.6 Å². The molecule has 0 fully saturated rings. The number of anilines is 1. The van der Waals surface area contributed by atoms with Crippen molar-refractivity contribution in [3.05, 3.63) is 60.3 Å². The fraction of sp³-hybridized carbons (Fsp3) is 0.0526. The second-order valence-corrected chi connectivity index (χ2v) is 5.58. The second kappa shape index (κ2) is 6.18. The maximum Gasteiger partial charge on any atom is 0.197 e. The molecule has 3 aromatic heterocycles. The summed E-state index contributed by atoms with van der Waals surface area (Å²) in [6.07, 6.45) is 1.62. The fourth-order valence-corrected chi connectivity index (χ4v) is 2.76. The van der Waals surface area contributed by atoms with Crippen LogP contribution in [0.25, 0.3) is 33.8 Å². The van der Waals surface area contributed by atoms with Gasteiger partial charge in [0, 0.05) is 11.8 Å². The third kappa shape index (κ3) is 2.50. The van der Waals surface area contributed by atoms with Crippen molar-refractivity contribution in [2.75, 3.05) is 12.8 Å². The summed E-state index contributed by atoms with van der Waals surface area (Å²) in [5, 5.41) is 8.93. The molecule has 0 saturated heterocycles. The SMILES string of the molecule is COn1c(-c2cccnc2N)nc2ccc(-c3ccc(C#N)cc3)nc21. The van der Waals surface area contributed by atoms with Crippen LogP contribution in [0.4, 0.5) is 5.82 Å². The summed E-state index contributed by atoms with van der Waals surface area (Å²) in [4.78, 5) is 18.9. The van der Waals surface area contributed by atoms with Gasteiger partial charge in [-0.2, -0.15) is 5.26 Å². The lowest BCUT2D eigenvalue weighted by Crippen LogP contribution is -2.09. The van der Waals surface area contributed by atoms with Crippen molar-refractivity contribution in [1.29, 1.82) is 5.26 Å². The fourth-order valence-electron chi connectivity index (χ4n) is 2.76. The van der Waals surface area contributed by atoms with Gasteiger partial charge < -0.3 is 10.6 Å². The van der Waals surface area contributed by atoms with Gasteiger partial charge in [-0.1, -0.05) is 12.1 Å². The molecule has 7 nitrogen and oxygen atoms in total. The summed E-state index contributed by atoms with van der Waals surface area (Å²) >= 11 is 0. The Hall–Kier alpha value is -3.92. The molecule has 0 aliphatic rings. The van der Waals surface area contributed by atoms with Crippen molar-refractivity contribution in [2.24, 2.45) is 0 Å². The van der Waals surface area contributed by atoms with Gasteiger partial charge in [0.15, 0.2) is 11.5 Å². The molecular weight excluding hydrogens is 328 g/mol. The summed E-state index contributed by atoms with van der Waals surface area (Å²) in [6.45, 7) is 0. The van der Waals surface area contributed by atoms with E-state index in [0.29, 0.717) is 33.9 Å². The van der Waals surface area contributed by atoms with E-state index in [1.165, 1.54) is 4.73 Å². The third-order valence-electron chi connectivity index (χ3n) is 4.04. The van der Waals surface area contributed by atoms with Crippen molar-refractivity contribution in [3.63, 3.8) is 0 Å². The molecule has 1 aromatic carbocycles. The van der Waals surface area contributed by atoms with E-state index in [9.17, 15) is 0 Å². The van der Waals surface area contributed by atoms with Gasteiger partial charge in [-0.15, -0.1) is 4.73 Å². The number of benzene rings is 1. The van der Waals surface area contributed by atoms with E-state index in [1.54, 1.807) is 31.5 Å². The molecule has 0 aliphatic heterocycles. The molecule has 0 radical (unpaired) electrons. The van der Waals surface area contributed by atoms with Gasteiger partial charge in [-0.25, -0.2) is 15.0 Å². The van der Waals surface area contributed by atoms with Crippen LogP contribution in [-0.2, 0) is 0 Å². The summed E-state index contributed by atoms with van der Waals surface area (Å²) in [5.74, 6) is 0.908. The van der Waals surface area contributed by atoms with Gasteiger partial charge in [0.25, 0.3) is 0 Å². The third-order valence-corrected chi connectivity index (χ3v) is 4.04. The summed E-state index contributed by atoms with van der Waals surface area (Å²) < 4.78 is 1.54. The van der Waals surface area contributed by atoms with Gasteiger partial charge >= 0.3 is 0 Å². The molecule has 4 aromatic rings. The van der Waals surface area contributed by atoms with Gasteiger partial charge in [0.1, 0.15) is 18.4 Å². The number of pyridine rings is 2. The first kappa shape index (κ1) is 15.6. The molecular formula is C19H14N6O. The number of nitrogens with zero attached hydrogens (tertiary/aromatic N) is 5. The molecule has 0 atom stereocenters. The molecule has 3 heterocycles. The number of hydrogen-bond acceptors (Lipinski definition) is 6. The Kier molecular flexibility index (Phi) is 3.71. The Morgan fingerprint density at radius 2 is 1.88 bits per heavy atom. The van der Waals surface area contributed by atoms with E-state index in [1.807, 2.05) is 30.3 Å². The van der Waals surface area contributed by atoms with Crippen LogP contribution in [0.5, 0.6) is 0 Å². The molecule has 0 saturated carbocycles. The monoisotopic (exact) mass is 342 g/mol. The predicted molar refractivity (Wildman–Crippen MR) is 97.8 cm³/mol. The van der Waals surface area contributed by atoms with Crippen molar-refractivity contribution >= 4 is 17.0 Å². The molecule has 4 rings (SSSR count). The summed E-state index contributed by atoms with van der Waals surface area (Å²) in [6, 6.07) is 16.7. The maximum absolute atomic E-state index is 8.93. The Morgan fingerprint density at radius 3 is 2.58 bits per heavy atom. The molecule has 2 N–H and O–H groups in total. The second-order valence-electron chi connectivity index (χ2n) is 5.58. The number of nitrogen functional groups attached to an aromatic ring is 1. The molecule has 26 heavy (non-hydrogen) atoms. The minimum absolute atomic E-state index is 0.369. The van der Waals surface area contributed by atoms with Crippen LogP contribution in [-0.4, -0.2) is 26.8 Å². The zero-order chi connectivity index (χ0) is 18.1. The molecule has 0 aliphatic carbocycles. The largest absolute Gasteiger partial charge is 0.413 e. The number of aromatic nitrogens is 4. The van der Waals surface area contributed by atoms with Crippen LogP contribution in [0.3, 0.4) is 0 Å². The highest BCUT2D eigenvalue weighted by Crippen LogP contribution is 2.28. The van der Waals surface area contributed by atoms with Gasteiger partial charge in [-0.05, 0) is 36.4 Å². The topological polar surface area (TPSA) is 103 Å². The zero-order valence-corrected chi connectivity index (χ0v) is 13.9. The van der Waals surface area contributed by atoms with Crippen LogP contribution >= 0.6 is 0 Å². The number of fused-ring (bicyclic) bond motifs is 1. The number of nitrogens with two attached hydrogens (primary N) is 1. The molecule has 0 spiro atoms. The van der Waals surface area contributed by atoms with E-state index in [-0.39, 0.29) is 0 Å². The number of hydrogen-bond donors (Lipinski definition) is 1. The van der Waals surface area contributed by atoms with E-state index in [4.69, 9.17) is 15.8 Å². The lowest BCUT2D eigenvalue weighted by Gasteiger charge is -2.08. The predicted octanol–water partition coefficient (Wildman–Crippen LogP) is 2.67. The minimum atomic E-state index is 0.369. The summed E-state index contributed by atoms with van der Waals surface area (Å²) in [5.41, 5.74) is 10.2. The average molecular weight is 342 g/mol. The maximum atomic E-state index is 8.93. The Bertz CT molecular complexity index is 1140. The van der Waals surface area contributed by atoms with Gasteiger partial charge in [-0.3, -0.25) is 0 Å². The molecule has 0 bridgehead atoms. The van der Waals surface area contributed by atoms with E-state index in [0.717, 1.165) is 11.3 Å². The Labute approximate surface area is 149 Å². The van der Waals surface area contributed by atoms with E-state index >= 15 is 0 Å². The van der Waals surface area contributed by atoms with Crippen molar-refractivity contribution in [1.82, 2.24) is 19.7 Å². The lowest BCUT2D eigenvalue weighted by atomic mass is 10.1. The van der Waals surface area contributed by atoms with Crippen molar-refractivity contribution in [2.45, 2.75) is 0 Å². The van der Waals surface area contributed by atoms with Crippen LogP contribution in [0.1, 0.15) is 5.56 Å². The lowest BCUT2D eigenvalue weighted by molar-refractivity contribution is 0.180. The molecule has 0 unspecified atom stereocenters. The van der Waals surface area contributed by atoms with Gasteiger partial charge in [0.2, 0.25) is 0 Å². The molecule has 126 valence electrons. The molecule has 0 amide bonds. The first-order valence-corrected chi connectivity index (χ1v) is 7.86. The Balaban J connectivity index is 1.88. The van der Waals surface area contributed by atoms with Crippen LogP contribution in [0.2, 0.25) is 0 Å². The quantitative estimate of drug-likeness (QED) is 0.614. The van der Waals surface area contributed by atoms with Crippen LogP contribution in [0.15, 0.2) is 54.7 Å². The molecule has 7 heteroatoms. The zero-order valence-electron chi connectivity index (χ0n) is 13.9. The Morgan fingerprint density at radius 1 is 1.08 bits per heavy atom. The van der Waals surface area contributed by atoms with Crippen molar-refractivity contribution in [3.8, 4) is 28.7 Å². The van der Waals surface area contributed by atoms with Crippen molar-refractivity contribution < 1.29 is 4.84 Å². The van der Waals surface area contributed by atoms with Crippen LogP contribution in [0, 0.1) is 11.3 Å². The first-order chi connectivity index (χ1) is 12.7.